The Bertz CT molecular complexity index is 670. The number of carbonyl (C=O) groups is 1. The molecule has 0 aromatic carbocycles. The third-order valence-electron chi connectivity index (χ3n) is 8.84. The Balaban J connectivity index is 1.62. The van der Waals surface area contributed by atoms with Crippen molar-refractivity contribution in [3.8, 4) is 12.3 Å². The third kappa shape index (κ3) is 2.84. The van der Waals surface area contributed by atoms with Gasteiger partial charge in [0.1, 0.15) is 5.60 Å². The highest BCUT2D eigenvalue weighted by molar-refractivity contribution is 5.91. The van der Waals surface area contributed by atoms with Gasteiger partial charge in [-0.25, -0.2) is 0 Å². The molecule has 0 amide bonds. The van der Waals surface area contributed by atoms with E-state index < -0.39 is 0 Å². The van der Waals surface area contributed by atoms with Gasteiger partial charge in [-0.2, -0.15) is 0 Å². The number of allylic oxidation sites excluding steroid dienone is 1. The second-order valence-corrected chi connectivity index (χ2v) is 10.0. The molecule has 0 bridgehead atoms. The van der Waals surface area contributed by atoms with Crippen molar-refractivity contribution in [3.63, 3.8) is 0 Å². The number of fused-ring (bicyclic) bond motifs is 5. The number of terminal acetylenes is 1. The van der Waals surface area contributed by atoms with Crippen molar-refractivity contribution in [1.82, 2.24) is 0 Å². The largest absolute Gasteiger partial charge is 0.362 e. The molecular formula is C25H36O2. The lowest BCUT2D eigenvalue weighted by Gasteiger charge is -2.57. The summed E-state index contributed by atoms with van der Waals surface area (Å²) in [6.45, 7) is 7.87. The molecule has 2 nitrogen and oxygen atoms in total. The molecule has 0 heterocycles. The van der Waals surface area contributed by atoms with Gasteiger partial charge in [-0.05, 0) is 80.6 Å². The zero-order valence-electron chi connectivity index (χ0n) is 17.4. The van der Waals surface area contributed by atoms with Crippen molar-refractivity contribution >= 4 is 5.78 Å². The van der Waals surface area contributed by atoms with Gasteiger partial charge in [0.2, 0.25) is 0 Å². The van der Waals surface area contributed by atoms with E-state index in [1.165, 1.54) is 24.8 Å². The van der Waals surface area contributed by atoms with Crippen LogP contribution in [0.1, 0.15) is 78.6 Å². The van der Waals surface area contributed by atoms with Crippen LogP contribution in [0.2, 0.25) is 0 Å². The van der Waals surface area contributed by atoms with Gasteiger partial charge in [-0.3, -0.25) is 4.79 Å². The number of ether oxygens (including phenoxy) is 1. The van der Waals surface area contributed by atoms with Crippen LogP contribution < -0.4 is 0 Å². The first kappa shape index (κ1) is 19.3. The fourth-order valence-electron chi connectivity index (χ4n) is 7.50. The smallest absolute Gasteiger partial charge is 0.155 e. The van der Waals surface area contributed by atoms with Gasteiger partial charge in [-0.1, -0.05) is 38.7 Å². The lowest BCUT2D eigenvalue weighted by atomic mass is 9.48. The molecule has 0 N–H and O–H groups in total. The van der Waals surface area contributed by atoms with Crippen LogP contribution in [0.4, 0.5) is 0 Å². The molecule has 148 valence electrons. The summed E-state index contributed by atoms with van der Waals surface area (Å²) < 4.78 is 6.50. The summed E-state index contributed by atoms with van der Waals surface area (Å²) in [6.07, 6.45) is 18.0. The average molecular weight is 369 g/mol. The van der Waals surface area contributed by atoms with Crippen LogP contribution >= 0.6 is 0 Å². The van der Waals surface area contributed by atoms with Gasteiger partial charge in [-0.15, -0.1) is 6.42 Å². The molecule has 27 heavy (non-hydrogen) atoms. The summed E-state index contributed by atoms with van der Waals surface area (Å²) in [6, 6.07) is 0. The Labute approximate surface area is 165 Å². The Morgan fingerprint density at radius 2 is 2.11 bits per heavy atom. The summed E-state index contributed by atoms with van der Waals surface area (Å²) in [5.41, 5.74) is 1.20. The summed E-state index contributed by atoms with van der Waals surface area (Å²) >= 11 is 0. The van der Waals surface area contributed by atoms with Crippen LogP contribution in [0.5, 0.6) is 0 Å². The van der Waals surface area contributed by atoms with Crippen LogP contribution in [-0.4, -0.2) is 18.0 Å². The summed E-state index contributed by atoms with van der Waals surface area (Å²) in [7, 11) is 0. The fourth-order valence-corrected chi connectivity index (χ4v) is 7.50. The normalized spacial score (nSPS) is 46.1. The molecular weight excluding hydrogens is 332 g/mol. The zero-order valence-corrected chi connectivity index (χ0v) is 17.4. The van der Waals surface area contributed by atoms with Crippen LogP contribution in [0.3, 0.4) is 0 Å². The van der Waals surface area contributed by atoms with Crippen molar-refractivity contribution in [3.05, 3.63) is 11.6 Å². The van der Waals surface area contributed by atoms with Crippen LogP contribution in [0, 0.1) is 47.3 Å². The van der Waals surface area contributed by atoms with Crippen molar-refractivity contribution < 1.29 is 9.53 Å². The van der Waals surface area contributed by atoms with Gasteiger partial charge in [0, 0.05) is 18.4 Å². The number of hydrogen-bond donors (Lipinski definition) is 0. The lowest BCUT2D eigenvalue weighted by Crippen LogP contribution is -2.54. The van der Waals surface area contributed by atoms with E-state index >= 15 is 0 Å². The quantitative estimate of drug-likeness (QED) is 0.479. The van der Waals surface area contributed by atoms with E-state index in [4.69, 9.17) is 11.2 Å². The van der Waals surface area contributed by atoms with Crippen molar-refractivity contribution in [2.45, 2.75) is 84.2 Å². The van der Waals surface area contributed by atoms with Crippen LogP contribution in [0.25, 0.3) is 0 Å². The number of hydrogen-bond acceptors (Lipinski definition) is 2. The SMILES string of the molecule is C#C[C@]1(OCCCC)CCC2C3C(CC[C@@]21C)C1CCC(=O)C=C1C[C@H]3C. The van der Waals surface area contributed by atoms with E-state index in [9.17, 15) is 4.79 Å². The Hall–Kier alpha value is -1.07. The predicted octanol–water partition coefficient (Wildman–Crippen LogP) is 5.56. The highest BCUT2D eigenvalue weighted by Gasteiger charge is 2.64. The summed E-state index contributed by atoms with van der Waals surface area (Å²) in [4.78, 5) is 12.0. The number of carbonyl (C=O) groups excluding carboxylic acids is 1. The first-order chi connectivity index (χ1) is 13.0. The average Bonchev–Trinajstić information content (AvgIpc) is 2.94. The minimum absolute atomic E-state index is 0.108. The molecule has 4 aliphatic carbocycles. The Morgan fingerprint density at radius 1 is 1.30 bits per heavy atom. The molecule has 0 radical (unpaired) electrons. The fraction of sp³-hybridized carbons (Fsp3) is 0.800. The first-order valence-electron chi connectivity index (χ1n) is 11.3. The maximum atomic E-state index is 12.0. The van der Waals surface area contributed by atoms with Crippen molar-refractivity contribution in [2.24, 2.45) is 35.0 Å². The van der Waals surface area contributed by atoms with E-state index in [1.807, 2.05) is 6.08 Å². The van der Waals surface area contributed by atoms with Crippen molar-refractivity contribution in [1.29, 1.82) is 0 Å². The monoisotopic (exact) mass is 368 g/mol. The molecule has 3 saturated carbocycles. The number of ketones is 1. The topological polar surface area (TPSA) is 26.3 Å². The maximum Gasteiger partial charge on any atom is 0.155 e. The molecule has 4 unspecified atom stereocenters. The van der Waals surface area contributed by atoms with Crippen molar-refractivity contribution in [2.75, 3.05) is 6.61 Å². The second kappa shape index (κ2) is 7.07. The molecule has 0 aromatic heterocycles. The number of unbranched alkanes of at least 4 members (excludes halogenated alkanes) is 1. The molecule has 0 aromatic rings. The standard InChI is InChI=1S/C25H36O2/c1-5-7-14-27-25(6-2)13-11-22-23-17(3)15-18-16-19(26)8-9-20(18)21(23)10-12-24(22,25)4/h2,16-17,20-23H,5,7-15H2,1,3-4H3/t17-,20?,21?,22?,23?,24+,25+/m1/s1. The second-order valence-electron chi connectivity index (χ2n) is 10.0. The minimum atomic E-state index is -0.365. The summed E-state index contributed by atoms with van der Waals surface area (Å²) in [5, 5.41) is 0. The Kier molecular flexibility index (Phi) is 5.04. The van der Waals surface area contributed by atoms with Crippen LogP contribution in [-0.2, 0) is 9.53 Å². The predicted molar refractivity (Wildman–Crippen MR) is 109 cm³/mol. The highest BCUT2D eigenvalue weighted by Crippen LogP contribution is 2.66. The molecule has 4 aliphatic rings. The van der Waals surface area contributed by atoms with Gasteiger partial charge in [0.25, 0.3) is 0 Å². The summed E-state index contributed by atoms with van der Waals surface area (Å²) in [5.74, 6) is 6.98. The highest BCUT2D eigenvalue weighted by atomic mass is 16.5. The van der Waals surface area contributed by atoms with Gasteiger partial charge >= 0.3 is 0 Å². The first-order valence-corrected chi connectivity index (χ1v) is 11.3. The minimum Gasteiger partial charge on any atom is -0.362 e. The van der Waals surface area contributed by atoms with Crippen LogP contribution in [0.15, 0.2) is 11.6 Å². The maximum absolute atomic E-state index is 12.0. The lowest BCUT2D eigenvalue weighted by molar-refractivity contribution is -0.130. The molecule has 0 spiro atoms. The molecule has 2 heteroatoms. The van der Waals surface area contributed by atoms with Gasteiger partial charge in [0.05, 0.1) is 0 Å². The molecule has 0 saturated heterocycles. The molecule has 0 aliphatic heterocycles. The van der Waals surface area contributed by atoms with E-state index in [0.29, 0.717) is 23.5 Å². The van der Waals surface area contributed by atoms with E-state index in [1.54, 1.807) is 0 Å². The van der Waals surface area contributed by atoms with E-state index in [2.05, 4.69) is 26.7 Å². The Morgan fingerprint density at radius 3 is 2.85 bits per heavy atom. The van der Waals surface area contributed by atoms with E-state index in [0.717, 1.165) is 57.0 Å². The third-order valence-corrected chi connectivity index (χ3v) is 8.84. The zero-order chi connectivity index (χ0) is 19.2. The van der Waals surface area contributed by atoms with Gasteiger partial charge in [0.15, 0.2) is 5.78 Å². The molecule has 3 fully saturated rings. The molecule has 7 atom stereocenters. The number of rotatable bonds is 4. The van der Waals surface area contributed by atoms with E-state index in [-0.39, 0.29) is 11.0 Å². The molecule has 4 rings (SSSR count). The van der Waals surface area contributed by atoms with Gasteiger partial charge < -0.3 is 4.74 Å².